The molecule has 1 heterocycles. The van der Waals surface area contributed by atoms with Crippen LogP contribution in [0.1, 0.15) is 42.2 Å². The number of hydrogen-bond donors (Lipinski definition) is 1. The second kappa shape index (κ2) is 8.31. The minimum absolute atomic E-state index is 0.0780. The summed E-state index contributed by atoms with van der Waals surface area (Å²) in [6, 6.07) is 7.48. The van der Waals surface area contributed by atoms with Gasteiger partial charge in [-0.15, -0.1) is 0 Å². The van der Waals surface area contributed by atoms with Crippen LogP contribution < -0.4 is 5.32 Å². The van der Waals surface area contributed by atoms with E-state index >= 15 is 0 Å². The first kappa shape index (κ1) is 18.5. The van der Waals surface area contributed by atoms with Gasteiger partial charge in [-0.2, -0.15) is 5.10 Å². The number of aromatic nitrogens is 2. The molecule has 0 saturated heterocycles. The summed E-state index contributed by atoms with van der Waals surface area (Å²) in [5.74, 6) is 0.0831. The third kappa shape index (κ3) is 4.58. The first-order valence-electron chi connectivity index (χ1n) is 8.17. The van der Waals surface area contributed by atoms with Crippen LogP contribution in [0.5, 0.6) is 0 Å². The lowest BCUT2D eigenvalue weighted by molar-refractivity contribution is 0.0951. The van der Waals surface area contributed by atoms with Crippen molar-refractivity contribution in [1.29, 1.82) is 0 Å². The van der Waals surface area contributed by atoms with E-state index in [1.165, 1.54) is 0 Å². The van der Waals surface area contributed by atoms with Gasteiger partial charge in [0.05, 0.1) is 23.1 Å². The second-order valence-electron chi connectivity index (χ2n) is 6.40. The molecular weight excluding hydrogens is 324 g/mol. The Hall–Kier alpha value is -1.85. The maximum Gasteiger partial charge on any atom is 0.254 e. The van der Waals surface area contributed by atoms with E-state index in [4.69, 9.17) is 11.6 Å². The van der Waals surface area contributed by atoms with Crippen molar-refractivity contribution in [2.45, 2.75) is 26.2 Å². The van der Waals surface area contributed by atoms with Gasteiger partial charge < -0.3 is 10.2 Å². The highest BCUT2D eigenvalue weighted by Crippen LogP contribution is 2.24. The predicted octanol–water partition coefficient (Wildman–Crippen LogP) is 3.33. The zero-order valence-corrected chi connectivity index (χ0v) is 15.5. The highest BCUT2D eigenvalue weighted by atomic mass is 35.5. The number of hydrogen-bond acceptors (Lipinski definition) is 3. The van der Waals surface area contributed by atoms with Gasteiger partial charge in [0.2, 0.25) is 0 Å². The topological polar surface area (TPSA) is 50.2 Å². The van der Waals surface area contributed by atoms with Crippen LogP contribution in [0, 0.1) is 0 Å². The number of nitrogens with one attached hydrogen (secondary N) is 1. The summed E-state index contributed by atoms with van der Waals surface area (Å²) in [7, 11) is 4.04. The fourth-order valence-corrected chi connectivity index (χ4v) is 2.78. The highest BCUT2D eigenvalue weighted by molar-refractivity contribution is 6.30. The van der Waals surface area contributed by atoms with Crippen LogP contribution in [-0.2, 0) is 0 Å². The molecular formula is C18H25ClN4O. The van der Waals surface area contributed by atoms with Gasteiger partial charge in [-0.1, -0.05) is 31.5 Å². The lowest BCUT2D eigenvalue weighted by Crippen LogP contribution is -2.28. The molecule has 1 amide bonds. The van der Waals surface area contributed by atoms with Crippen molar-refractivity contribution >= 4 is 17.5 Å². The Morgan fingerprint density at radius 1 is 1.38 bits per heavy atom. The molecule has 0 aliphatic heterocycles. The summed E-state index contributed by atoms with van der Waals surface area (Å²) in [4.78, 5) is 14.6. The molecule has 0 radical (unpaired) electrons. The number of rotatable bonds is 7. The van der Waals surface area contributed by atoms with Crippen LogP contribution in [0.15, 0.2) is 30.5 Å². The third-order valence-electron chi connectivity index (χ3n) is 3.72. The second-order valence-corrected chi connectivity index (χ2v) is 6.84. The molecule has 1 N–H and O–H groups in total. The standard InChI is InChI=1S/C18H25ClN4O/c1-13(2)17-16(18(24)20-9-6-10-22(3)4)12-21-23(17)15-8-5-7-14(19)11-15/h5,7-8,11-13H,6,9-10H2,1-4H3,(H,20,24). The van der Waals surface area contributed by atoms with Crippen LogP contribution in [0.2, 0.25) is 5.02 Å². The smallest absolute Gasteiger partial charge is 0.254 e. The molecule has 0 atom stereocenters. The summed E-state index contributed by atoms with van der Waals surface area (Å²) in [6.45, 7) is 5.71. The minimum Gasteiger partial charge on any atom is -0.352 e. The Kier molecular flexibility index (Phi) is 6.40. The average molecular weight is 349 g/mol. The number of amides is 1. The zero-order valence-electron chi connectivity index (χ0n) is 14.7. The monoisotopic (exact) mass is 348 g/mol. The molecule has 6 heteroatoms. The first-order valence-corrected chi connectivity index (χ1v) is 8.54. The molecule has 0 spiro atoms. The van der Waals surface area contributed by atoms with Gasteiger partial charge in [0.25, 0.3) is 5.91 Å². The lowest BCUT2D eigenvalue weighted by Gasteiger charge is -2.13. The molecule has 24 heavy (non-hydrogen) atoms. The van der Waals surface area contributed by atoms with E-state index in [2.05, 4.69) is 29.2 Å². The maximum atomic E-state index is 12.5. The summed E-state index contributed by atoms with van der Waals surface area (Å²) in [5.41, 5.74) is 2.37. The van der Waals surface area contributed by atoms with Crippen LogP contribution in [0.3, 0.4) is 0 Å². The molecule has 130 valence electrons. The Labute approximate surface area is 148 Å². The van der Waals surface area contributed by atoms with E-state index < -0.39 is 0 Å². The van der Waals surface area contributed by atoms with Gasteiger partial charge in [-0.25, -0.2) is 4.68 Å². The fourth-order valence-electron chi connectivity index (χ4n) is 2.59. The maximum absolute atomic E-state index is 12.5. The Morgan fingerprint density at radius 2 is 2.12 bits per heavy atom. The molecule has 0 bridgehead atoms. The van der Waals surface area contributed by atoms with Crippen molar-refractivity contribution in [1.82, 2.24) is 20.0 Å². The van der Waals surface area contributed by atoms with Crippen LogP contribution in [0.4, 0.5) is 0 Å². The van der Waals surface area contributed by atoms with Gasteiger partial charge in [-0.05, 0) is 51.2 Å². The van der Waals surface area contributed by atoms with Crippen LogP contribution in [-0.4, -0.2) is 47.8 Å². The molecule has 5 nitrogen and oxygen atoms in total. The van der Waals surface area contributed by atoms with E-state index in [0.717, 1.165) is 24.3 Å². The van der Waals surface area contributed by atoms with Crippen LogP contribution >= 0.6 is 11.6 Å². The Morgan fingerprint density at radius 3 is 2.75 bits per heavy atom. The van der Waals surface area contributed by atoms with Gasteiger partial charge in [0.15, 0.2) is 0 Å². The van der Waals surface area contributed by atoms with Gasteiger partial charge >= 0.3 is 0 Å². The molecule has 0 aliphatic carbocycles. The molecule has 2 aromatic rings. The molecule has 2 rings (SSSR count). The molecule has 1 aromatic carbocycles. The van der Waals surface area contributed by atoms with Crippen molar-refractivity contribution in [3.8, 4) is 5.69 Å². The number of nitrogens with zero attached hydrogens (tertiary/aromatic N) is 3. The zero-order chi connectivity index (χ0) is 17.7. The number of carbonyl (C=O) groups is 1. The third-order valence-corrected chi connectivity index (χ3v) is 3.95. The molecule has 0 aliphatic rings. The SMILES string of the molecule is CC(C)c1c(C(=O)NCCCN(C)C)cnn1-c1cccc(Cl)c1. The van der Waals surface area contributed by atoms with E-state index in [1.807, 2.05) is 38.4 Å². The van der Waals surface area contributed by atoms with Crippen molar-refractivity contribution in [2.24, 2.45) is 0 Å². The Bertz CT molecular complexity index is 694. The van der Waals surface area contributed by atoms with Crippen molar-refractivity contribution in [3.63, 3.8) is 0 Å². The van der Waals surface area contributed by atoms with Crippen molar-refractivity contribution in [2.75, 3.05) is 27.2 Å². The van der Waals surface area contributed by atoms with E-state index in [1.54, 1.807) is 10.9 Å². The molecule has 0 saturated carbocycles. The van der Waals surface area contributed by atoms with E-state index in [0.29, 0.717) is 17.1 Å². The summed E-state index contributed by atoms with van der Waals surface area (Å²) in [5, 5.41) is 8.04. The van der Waals surface area contributed by atoms with E-state index in [9.17, 15) is 4.79 Å². The van der Waals surface area contributed by atoms with Gasteiger partial charge in [0.1, 0.15) is 0 Å². The molecule has 0 unspecified atom stereocenters. The predicted molar refractivity (Wildman–Crippen MR) is 98.2 cm³/mol. The van der Waals surface area contributed by atoms with Crippen molar-refractivity contribution < 1.29 is 4.79 Å². The summed E-state index contributed by atoms with van der Waals surface area (Å²) < 4.78 is 1.80. The first-order chi connectivity index (χ1) is 11.4. The van der Waals surface area contributed by atoms with E-state index in [-0.39, 0.29) is 11.8 Å². The van der Waals surface area contributed by atoms with Gasteiger partial charge in [-0.3, -0.25) is 4.79 Å². The minimum atomic E-state index is -0.0780. The van der Waals surface area contributed by atoms with Crippen LogP contribution in [0.25, 0.3) is 5.69 Å². The fraction of sp³-hybridized carbons (Fsp3) is 0.444. The molecule has 0 fully saturated rings. The number of carbonyl (C=O) groups excluding carboxylic acids is 1. The summed E-state index contributed by atoms with van der Waals surface area (Å²) >= 11 is 6.08. The quantitative estimate of drug-likeness (QED) is 0.781. The Balaban J connectivity index is 2.20. The number of benzene rings is 1. The number of halogens is 1. The average Bonchev–Trinajstić information content (AvgIpc) is 2.96. The summed E-state index contributed by atoms with van der Waals surface area (Å²) in [6.07, 6.45) is 2.55. The largest absolute Gasteiger partial charge is 0.352 e. The molecule has 1 aromatic heterocycles. The normalized spacial score (nSPS) is 11.3. The van der Waals surface area contributed by atoms with Crippen molar-refractivity contribution in [3.05, 3.63) is 46.7 Å². The highest BCUT2D eigenvalue weighted by Gasteiger charge is 2.20. The lowest BCUT2D eigenvalue weighted by atomic mass is 10.0. The van der Waals surface area contributed by atoms with Gasteiger partial charge in [0, 0.05) is 11.6 Å².